The van der Waals surface area contributed by atoms with E-state index in [1.807, 2.05) is 0 Å². The second-order valence-corrected chi connectivity index (χ2v) is 13.2. The Morgan fingerprint density at radius 2 is 0.500 bits per heavy atom. The fraction of sp³-hybridized carbons (Fsp3) is 1.00. The van der Waals surface area contributed by atoms with Gasteiger partial charge in [0.15, 0.2) is 0 Å². The molecular weight excluding hydrogens is 489 g/mol. The molecule has 0 atom stereocenters. The van der Waals surface area contributed by atoms with E-state index in [2.05, 4.69) is 41.5 Å². The van der Waals surface area contributed by atoms with Crippen LogP contribution in [-0.2, 0) is 16.5 Å². The van der Waals surface area contributed by atoms with Crippen LogP contribution in [0.3, 0.4) is 0 Å². The van der Waals surface area contributed by atoms with Gasteiger partial charge in [-0.25, -0.2) is 0 Å². The summed E-state index contributed by atoms with van der Waals surface area (Å²) < 4.78 is 0. The van der Waals surface area contributed by atoms with Gasteiger partial charge in [0.05, 0.1) is 0 Å². The van der Waals surface area contributed by atoms with Crippen molar-refractivity contribution < 1.29 is 16.5 Å². The van der Waals surface area contributed by atoms with E-state index in [9.17, 15) is 0 Å². The first-order chi connectivity index (χ1) is 12.7. The van der Waals surface area contributed by atoms with Crippen LogP contribution >= 0.6 is 32.8 Å². The first kappa shape index (κ1) is 37.2. The maximum atomic E-state index is 2.31. The summed E-state index contributed by atoms with van der Waals surface area (Å²) in [5.41, 5.74) is 0. The third kappa shape index (κ3) is 30.0. The number of unbranched alkanes of at least 4 members (excludes halogenated alkanes) is 6. The van der Waals surface area contributed by atoms with Crippen molar-refractivity contribution in [2.24, 2.45) is 0 Å². The molecule has 0 aromatic heterocycles. The Morgan fingerprint density at radius 3 is 0.607 bits per heavy atom. The molecule has 0 aromatic rings. The van der Waals surface area contributed by atoms with Crippen LogP contribution in [-0.4, -0.2) is 37.0 Å². The molecule has 0 bridgehead atoms. The standard InChI is InChI=1S/2C12H27P.BrH.Ni/c2*1-4-7-10-13(11-8-5-2)12-9-6-3;;/h2*4-12H2,1-3H3;1H;. The van der Waals surface area contributed by atoms with Gasteiger partial charge in [0.2, 0.25) is 0 Å². The monoisotopic (exact) mass is 542 g/mol. The Hall–Kier alpha value is 1.83. The summed E-state index contributed by atoms with van der Waals surface area (Å²) in [6.45, 7) is 13.9. The van der Waals surface area contributed by atoms with E-state index >= 15 is 0 Å². The third-order valence-corrected chi connectivity index (χ3v) is 10.7. The molecule has 0 fully saturated rings. The number of halogens is 1. The summed E-state index contributed by atoms with van der Waals surface area (Å²) in [6, 6.07) is 0. The average molecular weight is 544 g/mol. The molecule has 0 aromatic carbocycles. The molecule has 0 saturated carbocycles. The Labute approximate surface area is 204 Å². The third-order valence-electron chi connectivity index (χ3n) is 4.97. The van der Waals surface area contributed by atoms with Crippen LogP contribution in [0.25, 0.3) is 0 Å². The van der Waals surface area contributed by atoms with E-state index in [1.54, 1.807) is 37.0 Å². The first-order valence-electron chi connectivity index (χ1n) is 12.1. The second-order valence-electron chi connectivity index (χ2n) is 7.80. The van der Waals surface area contributed by atoms with E-state index < -0.39 is 0 Å². The van der Waals surface area contributed by atoms with Gasteiger partial charge in [-0.1, -0.05) is 80.1 Å². The Bertz CT molecular complexity index is 181. The zero-order chi connectivity index (χ0) is 19.9. The van der Waals surface area contributed by atoms with Gasteiger partial charge in [0.1, 0.15) is 0 Å². The summed E-state index contributed by atoms with van der Waals surface area (Å²) >= 11 is 0. The molecule has 28 heavy (non-hydrogen) atoms. The molecule has 178 valence electrons. The van der Waals surface area contributed by atoms with Crippen molar-refractivity contribution in [1.29, 1.82) is 0 Å². The van der Waals surface area contributed by atoms with Crippen LogP contribution in [0.1, 0.15) is 119 Å². The maximum Gasteiger partial charge on any atom is 0 e. The molecule has 0 radical (unpaired) electrons. The Balaban J connectivity index is -0.000000192. The van der Waals surface area contributed by atoms with Crippen LogP contribution in [0.5, 0.6) is 0 Å². The van der Waals surface area contributed by atoms with Gasteiger partial charge in [0, 0.05) is 16.5 Å². The molecule has 4 heteroatoms. The second kappa shape index (κ2) is 33.5. The largest absolute Gasteiger partial charge is 0.114 e. The Morgan fingerprint density at radius 1 is 0.357 bits per heavy atom. The average Bonchev–Trinajstić information content (AvgIpc) is 2.67. The smallest absolute Gasteiger partial charge is 0 e. The molecule has 0 saturated heterocycles. The molecular formula is C24H55BrNiP2. The van der Waals surface area contributed by atoms with Gasteiger partial charge in [-0.05, 0) is 75.5 Å². The number of hydrogen-bond donors (Lipinski definition) is 0. The molecule has 0 nitrogen and oxygen atoms in total. The normalized spacial score (nSPS) is 10.3. The van der Waals surface area contributed by atoms with Crippen molar-refractivity contribution in [1.82, 2.24) is 0 Å². The molecule has 0 rings (SSSR count). The Kier molecular flexibility index (Phi) is 44.4. The van der Waals surface area contributed by atoms with Crippen LogP contribution < -0.4 is 0 Å². The van der Waals surface area contributed by atoms with Crippen molar-refractivity contribution in [3.63, 3.8) is 0 Å². The quantitative estimate of drug-likeness (QED) is 0.119. The predicted molar refractivity (Wildman–Crippen MR) is 143 cm³/mol. The zero-order valence-corrected chi connectivity index (χ0v) is 24.8. The maximum absolute atomic E-state index is 2.31. The summed E-state index contributed by atoms with van der Waals surface area (Å²) in [7, 11) is 0.843. The fourth-order valence-corrected chi connectivity index (χ4v) is 8.88. The van der Waals surface area contributed by atoms with Gasteiger partial charge >= 0.3 is 0 Å². The molecule has 0 amide bonds. The molecule has 0 heterocycles. The minimum atomic E-state index is 0. The van der Waals surface area contributed by atoms with E-state index in [0.29, 0.717) is 15.8 Å². The number of hydrogen-bond acceptors (Lipinski definition) is 0. The van der Waals surface area contributed by atoms with Gasteiger partial charge in [-0.3, -0.25) is 0 Å². The molecule has 0 N–H and O–H groups in total. The van der Waals surface area contributed by atoms with Crippen molar-refractivity contribution in [2.45, 2.75) is 119 Å². The van der Waals surface area contributed by atoms with E-state index in [1.165, 1.54) is 77.0 Å². The van der Waals surface area contributed by atoms with Crippen molar-refractivity contribution in [3.05, 3.63) is 0 Å². The minimum absolute atomic E-state index is 0. The molecule has 0 aliphatic rings. The van der Waals surface area contributed by atoms with Gasteiger partial charge < -0.3 is 0 Å². The molecule has 0 spiro atoms. The van der Waals surface area contributed by atoms with Gasteiger partial charge in [-0.15, -0.1) is 32.8 Å². The van der Waals surface area contributed by atoms with Crippen LogP contribution in [0, 0.1) is 0 Å². The van der Waals surface area contributed by atoms with Crippen molar-refractivity contribution in [3.8, 4) is 0 Å². The van der Waals surface area contributed by atoms with Gasteiger partial charge in [-0.2, -0.15) is 0 Å². The summed E-state index contributed by atoms with van der Waals surface area (Å²) in [5.74, 6) is 0. The predicted octanol–water partition coefficient (Wildman–Crippen LogP) is 10.3. The summed E-state index contributed by atoms with van der Waals surface area (Å²) in [6.07, 6.45) is 26.4. The van der Waals surface area contributed by atoms with Gasteiger partial charge in [0.25, 0.3) is 0 Å². The zero-order valence-electron chi connectivity index (χ0n) is 20.3. The van der Waals surface area contributed by atoms with Crippen LogP contribution in [0.15, 0.2) is 0 Å². The van der Waals surface area contributed by atoms with E-state index in [-0.39, 0.29) is 33.5 Å². The van der Waals surface area contributed by atoms with Crippen LogP contribution in [0.4, 0.5) is 0 Å². The SMILES string of the molecule is Br.CCCCP(CCCC)CCCC.CCCCP(CCCC)CCCC.[Ni]. The number of rotatable bonds is 18. The first-order valence-corrected chi connectivity index (χ1v) is 15.9. The summed E-state index contributed by atoms with van der Waals surface area (Å²) in [5, 5.41) is 0. The fourth-order valence-electron chi connectivity index (χ4n) is 2.96. The molecule has 0 unspecified atom stereocenters. The van der Waals surface area contributed by atoms with E-state index in [0.717, 1.165) is 0 Å². The summed E-state index contributed by atoms with van der Waals surface area (Å²) in [4.78, 5) is 0. The van der Waals surface area contributed by atoms with E-state index in [4.69, 9.17) is 0 Å². The molecule has 0 aliphatic carbocycles. The topological polar surface area (TPSA) is 0 Å². The molecule has 0 aliphatic heterocycles. The van der Waals surface area contributed by atoms with Crippen LogP contribution in [0.2, 0.25) is 0 Å². The van der Waals surface area contributed by atoms with Crippen molar-refractivity contribution >= 4 is 32.8 Å². The van der Waals surface area contributed by atoms with Crippen molar-refractivity contribution in [2.75, 3.05) is 37.0 Å². The minimum Gasteiger partial charge on any atom is -0.114 e.